The molecule has 0 aromatic carbocycles. The summed E-state index contributed by atoms with van der Waals surface area (Å²) in [5.41, 5.74) is 2.36. The number of carbonyl (C=O) groups is 1. The number of nitrogen functional groups attached to an aromatic ring is 1. The number of hydrogen-bond acceptors (Lipinski definition) is 4. The molecule has 0 aliphatic rings. The highest BCUT2D eigenvalue weighted by molar-refractivity contribution is 5.93. The van der Waals surface area contributed by atoms with Gasteiger partial charge >= 0.3 is 0 Å². The Kier molecular flexibility index (Phi) is 2.78. The minimum Gasteiger partial charge on any atom is -0.394 e. The monoisotopic (exact) mass is 170 g/mol. The van der Waals surface area contributed by atoms with Gasteiger partial charge in [-0.3, -0.25) is 14.9 Å². The molecule has 0 spiro atoms. The van der Waals surface area contributed by atoms with Gasteiger partial charge in [0, 0.05) is 6.20 Å². The average molecular weight is 170 g/mol. The smallest absolute Gasteiger partial charge is 0.268 e. The molecule has 1 amide bonds. The van der Waals surface area contributed by atoms with Crippen LogP contribution in [0.5, 0.6) is 0 Å². The zero-order valence-corrected chi connectivity index (χ0v) is 6.40. The van der Waals surface area contributed by atoms with E-state index in [1.165, 1.54) is 17.1 Å². The van der Waals surface area contributed by atoms with Crippen LogP contribution in [0.4, 0.5) is 0 Å². The molecular formula is C6H10N4O2. The first-order chi connectivity index (χ1) is 5.77. The third kappa shape index (κ3) is 1.80. The second-order valence-electron chi connectivity index (χ2n) is 2.19. The topological polar surface area (TPSA) is 93.2 Å². The third-order valence-electron chi connectivity index (χ3n) is 1.36. The quantitative estimate of drug-likeness (QED) is 0.292. The lowest BCUT2D eigenvalue weighted by molar-refractivity contribution is 0.0953. The lowest BCUT2D eigenvalue weighted by Gasteiger charge is -1.94. The van der Waals surface area contributed by atoms with Crippen molar-refractivity contribution in [2.75, 3.05) is 6.61 Å². The molecule has 0 fully saturated rings. The number of rotatable bonds is 3. The molecule has 66 valence electrons. The maximum Gasteiger partial charge on any atom is 0.268 e. The molecule has 0 saturated heterocycles. The van der Waals surface area contributed by atoms with Gasteiger partial charge in [-0.15, -0.1) is 0 Å². The largest absolute Gasteiger partial charge is 0.394 e. The Labute approximate surface area is 68.9 Å². The first-order valence-corrected chi connectivity index (χ1v) is 3.42. The van der Waals surface area contributed by atoms with Crippen LogP contribution in [-0.2, 0) is 6.54 Å². The summed E-state index contributed by atoms with van der Waals surface area (Å²) in [6.07, 6.45) is 2.90. The second kappa shape index (κ2) is 3.84. The summed E-state index contributed by atoms with van der Waals surface area (Å²) in [5, 5.41) is 12.4. The summed E-state index contributed by atoms with van der Waals surface area (Å²) in [4.78, 5) is 10.9. The third-order valence-corrected chi connectivity index (χ3v) is 1.36. The van der Waals surface area contributed by atoms with Crippen LogP contribution in [0.15, 0.2) is 12.4 Å². The van der Waals surface area contributed by atoms with Gasteiger partial charge in [-0.25, -0.2) is 5.84 Å². The molecule has 4 N–H and O–H groups in total. The van der Waals surface area contributed by atoms with Gasteiger partial charge in [-0.2, -0.15) is 5.10 Å². The summed E-state index contributed by atoms with van der Waals surface area (Å²) in [7, 11) is 0. The number of nitrogens with one attached hydrogen (secondary N) is 1. The zero-order valence-electron chi connectivity index (χ0n) is 6.40. The van der Waals surface area contributed by atoms with E-state index in [1.54, 1.807) is 0 Å². The molecule has 0 radical (unpaired) electrons. The van der Waals surface area contributed by atoms with Gasteiger partial charge in [0.1, 0.15) is 0 Å². The highest BCUT2D eigenvalue weighted by Crippen LogP contribution is 1.95. The molecule has 1 rings (SSSR count). The second-order valence-corrected chi connectivity index (χ2v) is 2.19. The highest BCUT2D eigenvalue weighted by atomic mass is 16.3. The van der Waals surface area contributed by atoms with E-state index in [0.717, 1.165) is 0 Å². The summed E-state index contributed by atoms with van der Waals surface area (Å²) < 4.78 is 1.46. The van der Waals surface area contributed by atoms with E-state index in [1.807, 2.05) is 5.43 Å². The van der Waals surface area contributed by atoms with Gasteiger partial charge in [0.15, 0.2) is 0 Å². The first-order valence-electron chi connectivity index (χ1n) is 3.42. The van der Waals surface area contributed by atoms with Crippen LogP contribution in [0.3, 0.4) is 0 Å². The van der Waals surface area contributed by atoms with Crippen molar-refractivity contribution in [1.82, 2.24) is 15.2 Å². The number of carbonyl (C=O) groups excluding carboxylic acids is 1. The molecule has 6 nitrogen and oxygen atoms in total. The van der Waals surface area contributed by atoms with E-state index in [9.17, 15) is 4.79 Å². The Bertz CT molecular complexity index is 270. The van der Waals surface area contributed by atoms with E-state index in [2.05, 4.69) is 5.10 Å². The number of nitrogens with two attached hydrogens (primary N) is 1. The minimum atomic E-state index is -0.390. The van der Waals surface area contributed by atoms with Crippen LogP contribution in [0.2, 0.25) is 0 Å². The molecule has 0 unspecified atom stereocenters. The first kappa shape index (κ1) is 8.69. The number of aromatic nitrogens is 2. The molecule has 0 atom stereocenters. The van der Waals surface area contributed by atoms with Crippen molar-refractivity contribution in [1.29, 1.82) is 0 Å². The van der Waals surface area contributed by atoms with Gasteiger partial charge in [-0.1, -0.05) is 0 Å². The Morgan fingerprint density at radius 1 is 1.83 bits per heavy atom. The Hall–Kier alpha value is -1.40. The van der Waals surface area contributed by atoms with Crippen LogP contribution in [-0.4, -0.2) is 27.4 Å². The molecule has 0 aliphatic heterocycles. The molecule has 12 heavy (non-hydrogen) atoms. The lowest BCUT2D eigenvalue weighted by Crippen LogP contribution is -2.29. The van der Waals surface area contributed by atoms with Crippen molar-refractivity contribution in [3.8, 4) is 0 Å². The van der Waals surface area contributed by atoms with Crippen LogP contribution in [0.1, 0.15) is 10.4 Å². The van der Waals surface area contributed by atoms with Gasteiger partial charge in [0.25, 0.3) is 5.91 Å². The van der Waals surface area contributed by atoms with E-state index < -0.39 is 0 Å². The fourth-order valence-corrected chi connectivity index (χ4v) is 0.789. The fraction of sp³-hybridized carbons (Fsp3) is 0.333. The number of amides is 1. The number of aliphatic hydroxyl groups is 1. The summed E-state index contributed by atoms with van der Waals surface area (Å²) >= 11 is 0. The summed E-state index contributed by atoms with van der Waals surface area (Å²) in [6.45, 7) is 0.364. The SMILES string of the molecule is NNC(=O)c1cnn(CCO)c1. The predicted molar refractivity (Wildman–Crippen MR) is 41.0 cm³/mol. The van der Waals surface area contributed by atoms with E-state index in [-0.39, 0.29) is 12.5 Å². The van der Waals surface area contributed by atoms with Crippen molar-refractivity contribution < 1.29 is 9.90 Å². The number of nitrogens with zero attached hydrogens (tertiary/aromatic N) is 2. The van der Waals surface area contributed by atoms with Crippen molar-refractivity contribution in [2.45, 2.75) is 6.54 Å². The highest BCUT2D eigenvalue weighted by Gasteiger charge is 2.05. The number of hydrogen-bond donors (Lipinski definition) is 3. The molecule has 6 heteroatoms. The van der Waals surface area contributed by atoms with Gasteiger partial charge < -0.3 is 5.11 Å². The summed E-state index contributed by atoms with van der Waals surface area (Å²) in [5.74, 6) is 4.51. The Morgan fingerprint density at radius 2 is 2.58 bits per heavy atom. The maximum absolute atomic E-state index is 10.9. The predicted octanol–water partition coefficient (Wildman–Crippen LogP) is -1.52. The summed E-state index contributed by atoms with van der Waals surface area (Å²) in [6, 6.07) is 0. The molecule has 0 saturated carbocycles. The van der Waals surface area contributed by atoms with Crippen LogP contribution < -0.4 is 11.3 Å². The fourth-order valence-electron chi connectivity index (χ4n) is 0.789. The van der Waals surface area contributed by atoms with Crippen LogP contribution >= 0.6 is 0 Å². The molecule has 1 aromatic heterocycles. The van der Waals surface area contributed by atoms with Crippen molar-refractivity contribution in [3.63, 3.8) is 0 Å². The van der Waals surface area contributed by atoms with Gasteiger partial charge in [0.2, 0.25) is 0 Å². The molecule has 0 bridgehead atoms. The average Bonchev–Trinajstić information content (AvgIpc) is 2.52. The maximum atomic E-state index is 10.9. The number of aliphatic hydroxyl groups excluding tert-OH is 1. The minimum absolute atomic E-state index is 0.00857. The molecule has 1 aromatic rings. The molecular weight excluding hydrogens is 160 g/mol. The van der Waals surface area contributed by atoms with E-state index >= 15 is 0 Å². The van der Waals surface area contributed by atoms with Crippen molar-refractivity contribution >= 4 is 5.91 Å². The lowest BCUT2D eigenvalue weighted by atomic mass is 10.3. The normalized spacial score (nSPS) is 9.83. The standard InChI is InChI=1S/C6H10N4O2/c7-9-6(12)5-3-8-10(4-5)1-2-11/h3-4,11H,1-2,7H2,(H,9,12). The molecule has 0 aliphatic carbocycles. The van der Waals surface area contributed by atoms with E-state index in [4.69, 9.17) is 10.9 Å². The zero-order chi connectivity index (χ0) is 8.97. The Morgan fingerprint density at radius 3 is 3.17 bits per heavy atom. The van der Waals surface area contributed by atoms with Gasteiger partial charge in [0.05, 0.1) is 24.9 Å². The molecule has 1 heterocycles. The van der Waals surface area contributed by atoms with Crippen molar-refractivity contribution in [3.05, 3.63) is 18.0 Å². The van der Waals surface area contributed by atoms with E-state index in [0.29, 0.717) is 12.1 Å². The van der Waals surface area contributed by atoms with Gasteiger partial charge in [-0.05, 0) is 0 Å². The van der Waals surface area contributed by atoms with Crippen LogP contribution in [0, 0.1) is 0 Å². The Balaban J connectivity index is 2.70. The van der Waals surface area contributed by atoms with Crippen LogP contribution in [0.25, 0.3) is 0 Å². The number of hydrazine groups is 1. The van der Waals surface area contributed by atoms with Crippen molar-refractivity contribution in [2.24, 2.45) is 5.84 Å².